The van der Waals surface area contributed by atoms with E-state index in [-0.39, 0.29) is 23.4 Å². The average molecular weight is 459 g/mol. The third kappa shape index (κ3) is 5.10. The number of esters is 1. The zero-order valence-electron chi connectivity index (χ0n) is 16.8. The van der Waals surface area contributed by atoms with E-state index in [9.17, 15) is 19.7 Å². The van der Waals surface area contributed by atoms with Crippen molar-refractivity contribution in [1.82, 2.24) is 0 Å². The van der Waals surface area contributed by atoms with E-state index in [4.69, 9.17) is 16.3 Å². The van der Waals surface area contributed by atoms with Crippen molar-refractivity contribution >= 4 is 45.5 Å². The van der Waals surface area contributed by atoms with Gasteiger partial charge in [-0.15, -0.1) is 11.3 Å². The molecule has 3 rings (SSSR count). The number of amides is 1. The van der Waals surface area contributed by atoms with Crippen molar-refractivity contribution in [3.8, 4) is 11.1 Å². The third-order valence-electron chi connectivity index (χ3n) is 4.43. The molecule has 0 saturated carbocycles. The first-order valence-corrected chi connectivity index (χ1v) is 10.6. The lowest BCUT2D eigenvalue weighted by Crippen LogP contribution is -2.15. The van der Waals surface area contributed by atoms with E-state index < -0.39 is 16.8 Å². The predicted octanol–water partition coefficient (Wildman–Crippen LogP) is 6.10. The van der Waals surface area contributed by atoms with Crippen LogP contribution in [0.5, 0.6) is 0 Å². The highest BCUT2D eigenvalue weighted by molar-refractivity contribution is 7.17. The Balaban J connectivity index is 1.99. The Morgan fingerprint density at radius 2 is 1.77 bits per heavy atom. The number of hydrogen-bond donors (Lipinski definition) is 1. The van der Waals surface area contributed by atoms with E-state index >= 15 is 0 Å². The van der Waals surface area contributed by atoms with Crippen LogP contribution in [0.3, 0.4) is 0 Å². The predicted molar refractivity (Wildman–Crippen MR) is 121 cm³/mol. The molecule has 0 aliphatic heterocycles. The zero-order chi connectivity index (χ0) is 22.5. The maximum atomic E-state index is 12.9. The number of halogens is 1. The fourth-order valence-electron chi connectivity index (χ4n) is 2.97. The summed E-state index contributed by atoms with van der Waals surface area (Å²) < 4.78 is 5.36. The zero-order valence-corrected chi connectivity index (χ0v) is 18.4. The van der Waals surface area contributed by atoms with Gasteiger partial charge in [-0.1, -0.05) is 30.7 Å². The molecule has 0 radical (unpaired) electrons. The van der Waals surface area contributed by atoms with Crippen LogP contribution in [0, 0.1) is 17.0 Å². The Morgan fingerprint density at radius 3 is 2.35 bits per heavy atom. The molecule has 0 aliphatic carbocycles. The second-order valence-electron chi connectivity index (χ2n) is 6.64. The standard InChI is InChI=1S/C22H19ClN2O5S/c1-3-12-30-22(27)19-18(14-4-8-16(23)9-5-14)13(2)31-21(19)24-20(26)15-6-10-17(11-7-15)25(28)29/h4-11H,3,12H2,1-2H3,(H,24,26). The number of rotatable bonds is 7. The Kier molecular flexibility index (Phi) is 7.04. The third-order valence-corrected chi connectivity index (χ3v) is 5.70. The van der Waals surface area contributed by atoms with Gasteiger partial charge in [-0.2, -0.15) is 0 Å². The van der Waals surface area contributed by atoms with Crippen molar-refractivity contribution in [3.05, 3.63) is 79.7 Å². The fourth-order valence-corrected chi connectivity index (χ4v) is 4.15. The van der Waals surface area contributed by atoms with Gasteiger partial charge in [-0.3, -0.25) is 14.9 Å². The number of nitrogens with zero attached hydrogens (tertiary/aromatic N) is 1. The number of carbonyl (C=O) groups is 2. The Morgan fingerprint density at radius 1 is 1.13 bits per heavy atom. The highest BCUT2D eigenvalue weighted by atomic mass is 35.5. The number of anilines is 1. The number of ether oxygens (including phenoxy) is 1. The second-order valence-corrected chi connectivity index (χ2v) is 8.30. The molecule has 9 heteroatoms. The van der Waals surface area contributed by atoms with E-state index in [1.807, 2.05) is 13.8 Å². The quantitative estimate of drug-likeness (QED) is 0.262. The minimum Gasteiger partial charge on any atom is -0.462 e. The van der Waals surface area contributed by atoms with Gasteiger partial charge in [0.15, 0.2) is 0 Å². The van der Waals surface area contributed by atoms with E-state index in [0.29, 0.717) is 22.0 Å². The lowest BCUT2D eigenvalue weighted by atomic mass is 10.0. The SMILES string of the molecule is CCCOC(=O)c1c(NC(=O)c2ccc([N+](=O)[O-])cc2)sc(C)c1-c1ccc(Cl)cc1. The monoisotopic (exact) mass is 458 g/mol. The Hall–Kier alpha value is -3.23. The van der Waals surface area contributed by atoms with Crippen LogP contribution in [-0.2, 0) is 4.74 Å². The van der Waals surface area contributed by atoms with E-state index in [1.54, 1.807) is 24.3 Å². The molecule has 0 bridgehead atoms. The molecule has 0 unspecified atom stereocenters. The summed E-state index contributed by atoms with van der Waals surface area (Å²) in [5.41, 5.74) is 1.84. The molecule has 1 aromatic heterocycles. The maximum absolute atomic E-state index is 12.9. The molecule has 0 saturated heterocycles. The van der Waals surface area contributed by atoms with Gasteiger partial charge in [0.2, 0.25) is 0 Å². The number of nitro benzene ring substituents is 1. The lowest BCUT2D eigenvalue weighted by Gasteiger charge is -2.10. The first-order valence-electron chi connectivity index (χ1n) is 9.44. The van der Waals surface area contributed by atoms with E-state index in [0.717, 1.165) is 10.4 Å². The van der Waals surface area contributed by atoms with Gasteiger partial charge in [0.1, 0.15) is 10.6 Å². The highest BCUT2D eigenvalue weighted by Crippen LogP contribution is 2.41. The summed E-state index contributed by atoms with van der Waals surface area (Å²) in [4.78, 5) is 36.7. The number of benzene rings is 2. The van der Waals surface area contributed by atoms with Crippen LogP contribution in [0.4, 0.5) is 10.7 Å². The van der Waals surface area contributed by atoms with Crippen LogP contribution in [0.25, 0.3) is 11.1 Å². The van der Waals surface area contributed by atoms with Gasteiger partial charge in [-0.25, -0.2) is 4.79 Å². The fraction of sp³-hybridized carbons (Fsp3) is 0.182. The van der Waals surface area contributed by atoms with Crippen molar-refractivity contribution < 1.29 is 19.2 Å². The van der Waals surface area contributed by atoms with Crippen molar-refractivity contribution in [2.75, 3.05) is 11.9 Å². The summed E-state index contributed by atoms with van der Waals surface area (Å²) in [6.07, 6.45) is 0.662. The summed E-state index contributed by atoms with van der Waals surface area (Å²) in [6.45, 7) is 4.00. The van der Waals surface area contributed by atoms with Crippen molar-refractivity contribution in [2.45, 2.75) is 20.3 Å². The molecule has 3 aromatic rings. The lowest BCUT2D eigenvalue weighted by molar-refractivity contribution is -0.384. The van der Waals surface area contributed by atoms with Gasteiger partial charge in [0.25, 0.3) is 11.6 Å². The molecule has 7 nitrogen and oxygen atoms in total. The molecular weight excluding hydrogens is 440 g/mol. The summed E-state index contributed by atoms with van der Waals surface area (Å²) in [5.74, 6) is -1.02. The van der Waals surface area contributed by atoms with Crippen LogP contribution in [0.1, 0.15) is 38.9 Å². The van der Waals surface area contributed by atoms with Crippen molar-refractivity contribution in [2.24, 2.45) is 0 Å². The molecule has 2 aromatic carbocycles. The molecule has 1 amide bonds. The number of carbonyl (C=O) groups excluding carboxylic acids is 2. The van der Waals surface area contributed by atoms with Gasteiger partial charge in [0, 0.05) is 33.2 Å². The van der Waals surface area contributed by atoms with Gasteiger partial charge in [0.05, 0.1) is 11.5 Å². The first-order chi connectivity index (χ1) is 14.8. The minimum atomic E-state index is -0.537. The maximum Gasteiger partial charge on any atom is 0.341 e. The Bertz CT molecular complexity index is 1120. The van der Waals surface area contributed by atoms with Crippen LogP contribution < -0.4 is 5.32 Å². The van der Waals surface area contributed by atoms with E-state index in [2.05, 4.69) is 5.32 Å². The molecule has 1 heterocycles. The molecule has 160 valence electrons. The van der Waals surface area contributed by atoms with Gasteiger partial charge in [-0.05, 0) is 43.2 Å². The Labute approximate surface area is 187 Å². The summed E-state index contributed by atoms with van der Waals surface area (Å²) in [5, 5.41) is 14.5. The molecule has 31 heavy (non-hydrogen) atoms. The topological polar surface area (TPSA) is 98.5 Å². The molecule has 1 N–H and O–H groups in total. The second kappa shape index (κ2) is 9.72. The molecular formula is C22H19ClN2O5S. The van der Waals surface area contributed by atoms with Crippen molar-refractivity contribution in [3.63, 3.8) is 0 Å². The summed E-state index contributed by atoms with van der Waals surface area (Å²) in [7, 11) is 0. The smallest absolute Gasteiger partial charge is 0.341 e. The average Bonchev–Trinajstić information content (AvgIpc) is 3.08. The molecule has 0 spiro atoms. The van der Waals surface area contributed by atoms with Gasteiger partial charge < -0.3 is 10.1 Å². The summed E-state index contributed by atoms with van der Waals surface area (Å²) >= 11 is 7.25. The van der Waals surface area contributed by atoms with E-state index in [1.165, 1.54) is 35.6 Å². The van der Waals surface area contributed by atoms with Crippen LogP contribution in [0.2, 0.25) is 5.02 Å². The minimum absolute atomic E-state index is 0.114. The van der Waals surface area contributed by atoms with Crippen LogP contribution in [-0.4, -0.2) is 23.4 Å². The number of thiophene rings is 1. The highest BCUT2D eigenvalue weighted by Gasteiger charge is 2.26. The molecule has 0 aliphatic rings. The van der Waals surface area contributed by atoms with Crippen LogP contribution in [0.15, 0.2) is 48.5 Å². The molecule has 0 atom stereocenters. The van der Waals surface area contributed by atoms with Gasteiger partial charge >= 0.3 is 5.97 Å². The normalized spacial score (nSPS) is 10.5. The number of nitrogens with one attached hydrogen (secondary N) is 1. The summed E-state index contributed by atoms with van der Waals surface area (Å²) in [6, 6.07) is 12.3. The number of hydrogen-bond acceptors (Lipinski definition) is 6. The number of non-ortho nitro benzene ring substituents is 1. The number of nitro groups is 1. The van der Waals surface area contributed by atoms with Crippen molar-refractivity contribution in [1.29, 1.82) is 0 Å². The first kappa shape index (κ1) is 22.5. The van der Waals surface area contributed by atoms with Crippen LogP contribution >= 0.6 is 22.9 Å². The largest absolute Gasteiger partial charge is 0.462 e. The molecule has 0 fully saturated rings. The number of aryl methyl sites for hydroxylation is 1.